The maximum absolute atomic E-state index is 11.7. The van der Waals surface area contributed by atoms with E-state index in [1.54, 1.807) is 0 Å². The first-order valence-corrected chi connectivity index (χ1v) is 11.6. The SMILES string of the molecule is CCCCCCCCCCCCCC(C)OC(=O)CCCCCBr. The second-order valence-corrected chi connectivity index (χ2v) is 7.92. The van der Waals surface area contributed by atoms with Gasteiger partial charge < -0.3 is 4.74 Å². The maximum atomic E-state index is 11.7. The van der Waals surface area contributed by atoms with Crippen LogP contribution < -0.4 is 0 Å². The normalized spacial score (nSPS) is 12.3. The predicted molar refractivity (Wildman–Crippen MR) is 109 cm³/mol. The van der Waals surface area contributed by atoms with Gasteiger partial charge >= 0.3 is 5.97 Å². The summed E-state index contributed by atoms with van der Waals surface area (Å²) in [7, 11) is 0. The van der Waals surface area contributed by atoms with Crippen molar-refractivity contribution in [3.8, 4) is 0 Å². The van der Waals surface area contributed by atoms with E-state index in [1.807, 2.05) is 6.92 Å². The molecule has 0 heterocycles. The van der Waals surface area contributed by atoms with Gasteiger partial charge in [0.25, 0.3) is 0 Å². The summed E-state index contributed by atoms with van der Waals surface area (Å²) < 4.78 is 5.47. The van der Waals surface area contributed by atoms with Gasteiger partial charge in [0.05, 0.1) is 6.10 Å². The minimum Gasteiger partial charge on any atom is -0.463 e. The molecule has 0 rings (SSSR count). The lowest BCUT2D eigenvalue weighted by Crippen LogP contribution is -2.14. The van der Waals surface area contributed by atoms with E-state index in [2.05, 4.69) is 22.9 Å². The molecular weight excluding hydrogens is 364 g/mol. The average Bonchev–Trinajstić information content (AvgIpc) is 2.56. The fourth-order valence-corrected chi connectivity index (χ4v) is 3.38. The number of ether oxygens (including phenoxy) is 1. The molecule has 0 fully saturated rings. The van der Waals surface area contributed by atoms with Crippen molar-refractivity contribution in [2.75, 3.05) is 5.33 Å². The van der Waals surface area contributed by atoms with Gasteiger partial charge in [-0.2, -0.15) is 0 Å². The summed E-state index contributed by atoms with van der Waals surface area (Å²) in [5.41, 5.74) is 0. The van der Waals surface area contributed by atoms with Crippen LogP contribution in [0.4, 0.5) is 0 Å². The molecule has 0 amide bonds. The highest BCUT2D eigenvalue weighted by molar-refractivity contribution is 9.09. The van der Waals surface area contributed by atoms with Crippen molar-refractivity contribution in [3.63, 3.8) is 0 Å². The average molecular weight is 405 g/mol. The lowest BCUT2D eigenvalue weighted by atomic mass is 10.0. The van der Waals surface area contributed by atoms with Crippen molar-refractivity contribution in [3.05, 3.63) is 0 Å². The van der Waals surface area contributed by atoms with E-state index in [9.17, 15) is 4.79 Å². The number of unbranched alkanes of at least 4 members (excludes halogenated alkanes) is 12. The fraction of sp³-hybridized carbons (Fsp3) is 0.952. The number of halogens is 1. The monoisotopic (exact) mass is 404 g/mol. The zero-order chi connectivity index (χ0) is 17.9. The summed E-state index contributed by atoms with van der Waals surface area (Å²) in [6.45, 7) is 4.31. The molecule has 0 aliphatic heterocycles. The van der Waals surface area contributed by atoms with Gasteiger partial charge in [0.2, 0.25) is 0 Å². The Hall–Kier alpha value is -0.0500. The smallest absolute Gasteiger partial charge is 0.306 e. The van der Waals surface area contributed by atoms with Gasteiger partial charge in [-0.3, -0.25) is 4.79 Å². The zero-order valence-electron chi connectivity index (χ0n) is 16.3. The third-order valence-electron chi connectivity index (χ3n) is 4.56. The number of carbonyl (C=O) groups is 1. The summed E-state index contributed by atoms with van der Waals surface area (Å²) in [5, 5.41) is 1.03. The van der Waals surface area contributed by atoms with E-state index in [-0.39, 0.29) is 12.1 Å². The molecule has 0 saturated heterocycles. The Labute approximate surface area is 159 Å². The topological polar surface area (TPSA) is 26.3 Å². The van der Waals surface area contributed by atoms with Crippen LogP contribution in [0.25, 0.3) is 0 Å². The van der Waals surface area contributed by atoms with E-state index < -0.39 is 0 Å². The first kappa shape index (κ1) is 23.9. The summed E-state index contributed by atoms with van der Waals surface area (Å²) >= 11 is 3.41. The van der Waals surface area contributed by atoms with E-state index in [1.165, 1.54) is 70.6 Å². The Balaban J connectivity index is 3.27. The van der Waals surface area contributed by atoms with Crippen molar-refractivity contribution in [2.45, 2.75) is 123 Å². The fourth-order valence-electron chi connectivity index (χ4n) is 2.98. The third kappa shape index (κ3) is 18.3. The summed E-state index contributed by atoms with van der Waals surface area (Å²) in [5.74, 6) is -0.0138. The van der Waals surface area contributed by atoms with Crippen LogP contribution in [0, 0.1) is 0 Å². The number of carbonyl (C=O) groups excluding carboxylic acids is 1. The van der Waals surface area contributed by atoms with Crippen molar-refractivity contribution in [1.82, 2.24) is 0 Å². The summed E-state index contributed by atoms with van der Waals surface area (Å²) in [6, 6.07) is 0. The minimum atomic E-state index is -0.0138. The van der Waals surface area contributed by atoms with Crippen molar-refractivity contribution >= 4 is 21.9 Å². The molecule has 0 radical (unpaired) electrons. The first-order valence-electron chi connectivity index (χ1n) is 10.5. The van der Waals surface area contributed by atoms with Gasteiger partial charge in [-0.25, -0.2) is 0 Å². The molecule has 0 spiro atoms. The molecule has 0 aromatic carbocycles. The predicted octanol–water partition coefficient (Wildman–Crippen LogP) is 7.57. The van der Waals surface area contributed by atoms with Gasteiger partial charge in [-0.05, 0) is 32.6 Å². The number of esters is 1. The second kappa shape index (κ2) is 19.3. The quantitative estimate of drug-likeness (QED) is 0.133. The van der Waals surface area contributed by atoms with Gasteiger partial charge in [0.15, 0.2) is 0 Å². The number of rotatable bonds is 18. The van der Waals surface area contributed by atoms with Crippen LogP contribution in [0.3, 0.4) is 0 Å². The maximum Gasteiger partial charge on any atom is 0.306 e. The molecule has 2 nitrogen and oxygen atoms in total. The molecule has 24 heavy (non-hydrogen) atoms. The highest BCUT2D eigenvalue weighted by Crippen LogP contribution is 2.14. The Bertz CT molecular complexity index is 269. The van der Waals surface area contributed by atoms with E-state index in [0.717, 1.165) is 31.0 Å². The standard InChI is InChI=1S/C21H41BrO2/c1-3-4-5-6-7-8-9-10-11-12-14-17-20(2)24-21(23)18-15-13-16-19-22/h20H,3-19H2,1-2H3. The Kier molecular flexibility index (Phi) is 19.2. The van der Waals surface area contributed by atoms with Crippen molar-refractivity contribution < 1.29 is 9.53 Å². The number of hydrogen-bond donors (Lipinski definition) is 0. The number of alkyl halides is 1. The molecule has 144 valence electrons. The number of hydrogen-bond acceptors (Lipinski definition) is 2. The zero-order valence-corrected chi connectivity index (χ0v) is 17.9. The van der Waals surface area contributed by atoms with Crippen LogP contribution in [-0.4, -0.2) is 17.4 Å². The molecule has 1 atom stereocenters. The lowest BCUT2D eigenvalue weighted by molar-refractivity contribution is -0.148. The third-order valence-corrected chi connectivity index (χ3v) is 5.12. The molecule has 0 saturated carbocycles. The summed E-state index contributed by atoms with van der Waals surface area (Å²) in [4.78, 5) is 11.7. The minimum absolute atomic E-state index is 0.0138. The second-order valence-electron chi connectivity index (χ2n) is 7.12. The van der Waals surface area contributed by atoms with Crippen LogP contribution in [-0.2, 0) is 9.53 Å². The molecule has 0 aromatic heterocycles. The van der Waals surface area contributed by atoms with Crippen molar-refractivity contribution in [1.29, 1.82) is 0 Å². The molecular formula is C21H41BrO2. The van der Waals surface area contributed by atoms with E-state index >= 15 is 0 Å². The molecule has 0 aliphatic rings. The van der Waals surface area contributed by atoms with Crippen LogP contribution >= 0.6 is 15.9 Å². The van der Waals surface area contributed by atoms with Crippen molar-refractivity contribution in [2.24, 2.45) is 0 Å². The Morgan fingerprint density at radius 1 is 0.792 bits per heavy atom. The van der Waals surface area contributed by atoms with Crippen LogP contribution in [0.2, 0.25) is 0 Å². The van der Waals surface area contributed by atoms with Gasteiger partial charge in [-0.1, -0.05) is 93.5 Å². The molecule has 0 N–H and O–H groups in total. The molecule has 0 bridgehead atoms. The van der Waals surface area contributed by atoms with Gasteiger partial charge in [-0.15, -0.1) is 0 Å². The lowest BCUT2D eigenvalue weighted by Gasteiger charge is -2.13. The molecule has 0 aromatic rings. The van der Waals surface area contributed by atoms with Crippen LogP contribution in [0.5, 0.6) is 0 Å². The van der Waals surface area contributed by atoms with Gasteiger partial charge in [0, 0.05) is 11.8 Å². The van der Waals surface area contributed by atoms with Gasteiger partial charge in [0.1, 0.15) is 0 Å². The highest BCUT2D eigenvalue weighted by atomic mass is 79.9. The Morgan fingerprint density at radius 2 is 1.29 bits per heavy atom. The molecule has 0 aliphatic carbocycles. The largest absolute Gasteiger partial charge is 0.463 e. The summed E-state index contributed by atoms with van der Waals surface area (Å²) in [6.07, 6.45) is 19.9. The van der Waals surface area contributed by atoms with Crippen LogP contribution in [0.15, 0.2) is 0 Å². The van der Waals surface area contributed by atoms with E-state index in [0.29, 0.717) is 6.42 Å². The Morgan fingerprint density at radius 3 is 1.83 bits per heavy atom. The molecule has 1 unspecified atom stereocenters. The van der Waals surface area contributed by atoms with Crippen LogP contribution in [0.1, 0.15) is 117 Å². The van der Waals surface area contributed by atoms with E-state index in [4.69, 9.17) is 4.74 Å². The molecule has 3 heteroatoms. The first-order chi connectivity index (χ1) is 11.7. The highest BCUT2D eigenvalue weighted by Gasteiger charge is 2.08.